The van der Waals surface area contributed by atoms with Crippen molar-refractivity contribution in [3.8, 4) is 0 Å². The molecule has 3 saturated heterocycles. The molecule has 1 aromatic heterocycles. The van der Waals surface area contributed by atoms with E-state index < -0.39 is 23.5 Å². The van der Waals surface area contributed by atoms with Crippen molar-refractivity contribution in [2.75, 3.05) is 6.61 Å². The van der Waals surface area contributed by atoms with Crippen LogP contribution in [0.3, 0.4) is 0 Å². The zero-order valence-corrected chi connectivity index (χ0v) is 24.3. The maximum absolute atomic E-state index is 13.7. The van der Waals surface area contributed by atoms with Crippen molar-refractivity contribution >= 4 is 29.1 Å². The molecule has 8 nitrogen and oxygen atoms in total. The van der Waals surface area contributed by atoms with E-state index in [2.05, 4.69) is 24.1 Å². The lowest BCUT2D eigenvalue weighted by Crippen LogP contribution is -2.49. The molecule has 1 aromatic rings. The Balaban J connectivity index is 1.61. The predicted octanol–water partition coefficient (Wildman–Crippen LogP) is 3.82. The number of rotatable bonds is 4. The molecule has 4 rings (SSSR count). The molecule has 0 radical (unpaired) electrons. The lowest BCUT2D eigenvalue weighted by molar-refractivity contribution is -0.145. The first-order valence-electron chi connectivity index (χ1n) is 13.9. The number of nitrogens with zero attached hydrogens (tertiary/aromatic N) is 1. The van der Waals surface area contributed by atoms with Crippen LogP contribution in [0.1, 0.15) is 83.8 Å². The van der Waals surface area contributed by atoms with Crippen LogP contribution in [0.25, 0.3) is 6.08 Å². The third-order valence-electron chi connectivity index (χ3n) is 9.12. The first-order valence-corrected chi connectivity index (χ1v) is 14.8. The summed E-state index contributed by atoms with van der Waals surface area (Å²) in [7, 11) is 0. The molecule has 0 saturated carbocycles. The van der Waals surface area contributed by atoms with E-state index in [0.717, 1.165) is 36.4 Å². The number of fused-ring (bicyclic) bond motifs is 1. The van der Waals surface area contributed by atoms with Gasteiger partial charge in [0.25, 0.3) is 0 Å². The van der Waals surface area contributed by atoms with Crippen molar-refractivity contribution in [2.45, 2.75) is 116 Å². The fourth-order valence-corrected chi connectivity index (χ4v) is 6.69. The number of ether oxygens (including phenoxy) is 2. The van der Waals surface area contributed by atoms with Crippen molar-refractivity contribution in [1.82, 2.24) is 10.3 Å². The molecule has 3 aliphatic heterocycles. The number of aliphatic hydroxyl groups excluding tert-OH is 2. The Morgan fingerprint density at radius 2 is 1.97 bits per heavy atom. The Hall–Kier alpha value is -1.65. The summed E-state index contributed by atoms with van der Waals surface area (Å²) in [4.78, 5) is 31.4. The number of epoxide rings is 2. The minimum atomic E-state index is -1.22. The number of Topliss-reactive ketones (excluding diaryl/α,β-unsaturated/α-hetero) is 1. The summed E-state index contributed by atoms with van der Waals surface area (Å²) in [5.74, 6) is -1.45. The highest BCUT2D eigenvalue weighted by atomic mass is 32.1. The summed E-state index contributed by atoms with van der Waals surface area (Å²) in [6.07, 6.45) is 5.06. The number of aryl methyl sites for hydroxylation is 1. The van der Waals surface area contributed by atoms with Gasteiger partial charge < -0.3 is 25.0 Å². The van der Waals surface area contributed by atoms with Gasteiger partial charge in [0.2, 0.25) is 5.91 Å². The molecular formula is C29H44N2O6S. The summed E-state index contributed by atoms with van der Waals surface area (Å²) in [6.45, 7) is 11.9. The molecule has 1 amide bonds. The van der Waals surface area contributed by atoms with Crippen molar-refractivity contribution in [3.63, 3.8) is 0 Å². The first kappa shape index (κ1) is 29.3. The third-order valence-corrected chi connectivity index (χ3v) is 9.91. The van der Waals surface area contributed by atoms with Crippen LogP contribution in [0.15, 0.2) is 11.5 Å². The van der Waals surface area contributed by atoms with Gasteiger partial charge in [0.15, 0.2) is 0 Å². The first-order chi connectivity index (χ1) is 17.8. The number of aliphatic hydroxyl groups is 2. The summed E-state index contributed by atoms with van der Waals surface area (Å²) in [5.41, 5.74) is -1.08. The van der Waals surface area contributed by atoms with E-state index in [1.54, 1.807) is 25.2 Å². The number of amides is 1. The van der Waals surface area contributed by atoms with Gasteiger partial charge in [0.1, 0.15) is 5.78 Å². The third kappa shape index (κ3) is 6.07. The van der Waals surface area contributed by atoms with Gasteiger partial charge in [-0.15, -0.1) is 11.3 Å². The van der Waals surface area contributed by atoms with E-state index >= 15 is 0 Å². The van der Waals surface area contributed by atoms with Crippen LogP contribution >= 0.6 is 11.3 Å². The highest BCUT2D eigenvalue weighted by Crippen LogP contribution is 2.56. The average molecular weight is 549 g/mol. The van der Waals surface area contributed by atoms with Gasteiger partial charge in [0.05, 0.1) is 70.6 Å². The zero-order chi connectivity index (χ0) is 27.9. The van der Waals surface area contributed by atoms with Crippen molar-refractivity contribution in [3.05, 3.63) is 22.2 Å². The van der Waals surface area contributed by atoms with Crippen LogP contribution in [0.4, 0.5) is 0 Å². The normalized spacial score (nSPS) is 40.5. The highest BCUT2D eigenvalue weighted by Gasteiger charge is 2.65. The molecule has 9 heteroatoms. The van der Waals surface area contributed by atoms with Crippen LogP contribution in [0, 0.1) is 24.2 Å². The van der Waals surface area contributed by atoms with Gasteiger partial charge in [-0.1, -0.05) is 40.2 Å². The standard InChI is InChI=1S/C29H44N2O6S/c1-7-29-14-19(10-11-20-16-38-18(3)30-20)31-23(33)13-22(32)27(4,5)26(35)24(21-15-36-21)25(34)17(2)9-8-12-28(29,6)37-29/h10-11,16-17,19,21-22,24-25,32,34H,7-9,12-15H2,1-6H3,(H,31,33)/t17?,19-,21?,22+,24+,25-,28?,29+/m1/s1. The second-order valence-corrected chi connectivity index (χ2v) is 13.3. The van der Waals surface area contributed by atoms with Crippen molar-refractivity contribution in [1.29, 1.82) is 0 Å². The molecule has 38 heavy (non-hydrogen) atoms. The maximum Gasteiger partial charge on any atom is 0.223 e. The molecule has 8 atom stereocenters. The molecule has 4 heterocycles. The van der Waals surface area contributed by atoms with E-state index in [4.69, 9.17) is 9.47 Å². The Morgan fingerprint density at radius 1 is 1.26 bits per heavy atom. The van der Waals surface area contributed by atoms with Gasteiger partial charge in [-0.3, -0.25) is 9.59 Å². The Kier molecular flexibility index (Phi) is 8.56. The molecule has 0 spiro atoms. The highest BCUT2D eigenvalue weighted by molar-refractivity contribution is 7.09. The molecule has 3 N–H and O–H groups in total. The van der Waals surface area contributed by atoms with Crippen molar-refractivity contribution < 1.29 is 29.3 Å². The topological polar surface area (TPSA) is 125 Å². The van der Waals surface area contributed by atoms with E-state index in [1.807, 2.05) is 31.4 Å². The lowest BCUT2D eigenvalue weighted by Gasteiger charge is -2.35. The SMILES string of the molecule is CC[C@]12C[C@@H](C=Cc3csc(C)n3)NC(=O)C[C@H](O)C(C)(C)C(=O)[C@@H](C3CO3)[C@H](O)C(C)CCCC1(C)O2. The maximum atomic E-state index is 13.7. The summed E-state index contributed by atoms with van der Waals surface area (Å²) < 4.78 is 11.9. The van der Waals surface area contributed by atoms with Gasteiger partial charge in [-0.2, -0.15) is 0 Å². The summed E-state index contributed by atoms with van der Waals surface area (Å²) in [5, 5.41) is 28.3. The number of carbonyl (C=O) groups is 2. The van der Waals surface area contributed by atoms with E-state index in [0.29, 0.717) is 13.0 Å². The number of carbonyl (C=O) groups excluding carboxylic acids is 2. The van der Waals surface area contributed by atoms with Gasteiger partial charge in [0, 0.05) is 11.8 Å². The molecule has 212 valence electrons. The Morgan fingerprint density at radius 3 is 2.58 bits per heavy atom. The summed E-state index contributed by atoms with van der Waals surface area (Å²) in [6, 6.07) is -0.321. The lowest BCUT2D eigenvalue weighted by atomic mass is 9.71. The number of ketones is 1. The largest absolute Gasteiger partial charge is 0.392 e. The summed E-state index contributed by atoms with van der Waals surface area (Å²) >= 11 is 1.57. The monoisotopic (exact) mass is 548 g/mol. The predicted molar refractivity (Wildman–Crippen MR) is 147 cm³/mol. The average Bonchev–Trinajstić information content (AvgIpc) is 3.74. The smallest absolute Gasteiger partial charge is 0.223 e. The fourth-order valence-electron chi connectivity index (χ4n) is 6.11. The Bertz CT molecular complexity index is 1050. The number of thiazole rings is 1. The van der Waals surface area contributed by atoms with Gasteiger partial charge >= 0.3 is 0 Å². The molecule has 0 aromatic carbocycles. The number of nitrogens with one attached hydrogen (secondary N) is 1. The van der Waals surface area contributed by atoms with Crippen LogP contribution in [-0.4, -0.2) is 69.1 Å². The molecule has 0 aliphatic carbocycles. The number of aromatic nitrogens is 1. The molecule has 3 aliphatic rings. The number of hydrogen-bond acceptors (Lipinski definition) is 8. The van der Waals surface area contributed by atoms with E-state index in [1.165, 1.54) is 0 Å². The minimum Gasteiger partial charge on any atom is -0.392 e. The van der Waals surface area contributed by atoms with E-state index in [-0.39, 0.29) is 47.4 Å². The molecular weight excluding hydrogens is 504 g/mol. The quantitative estimate of drug-likeness (QED) is 0.489. The Labute approximate surface area is 230 Å². The minimum absolute atomic E-state index is 0.118. The van der Waals surface area contributed by atoms with Crippen molar-refractivity contribution in [2.24, 2.45) is 17.3 Å². The molecule has 0 bridgehead atoms. The number of hydrogen-bond donors (Lipinski definition) is 3. The van der Waals surface area contributed by atoms with Gasteiger partial charge in [-0.25, -0.2) is 4.98 Å². The molecule has 3 fully saturated rings. The second-order valence-electron chi connectivity index (χ2n) is 12.3. The van der Waals surface area contributed by atoms with Crippen LogP contribution in [0.5, 0.6) is 0 Å². The zero-order valence-electron chi connectivity index (χ0n) is 23.5. The van der Waals surface area contributed by atoms with Crippen LogP contribution < -0.4 is 5.32 Å². The molecule has 3 unspecified atom stereocenters. The fraction of sp³-hybridized carbons (Fsp3) is 0.759. The van der Waals surface area contributed by atoms with E-state index in [9.17, 15) is 19.8 Å². The van der Waals surface area contributed by atoms with Crippen LogP contribution in [0.2, 0.25) is 0 Å². The van der Waals surface area contributed by atoms with Gasteiger partial charge in [-0.05, 0) is 45.1 Å². The van der Waals surface area contributed by atoms with Crippen LogP contribution in [-0.2, 0) is 19.1 Å². The second kappa shape index (κ2) is 11.1.